The summed E-state index contributed by atoms with van der Waals surface area (Å²) >= 11 is 0. The van der Waals surface area contributed by atoms with E-state index in [1.165, 1.54) is 17.7 Å². The molecule has 6 rings (SSSR count). The minimum atomic E-state index is -0.636. The topological polar surface area (TPSA) is 50.2 Å². The monoisotopic (exact) mass is 504 g/mol. The fourth-order valence-electron chi connectivity index (χ4n) is 5.53. The van der Waals surface area contributed by atoms with Gasteiger partial charge in [0.1, 0.15) is 5.82 Å². The summed E-state index contributed by atoms with van der Waals surface area (Å²) in [5.74, 6) is -0.216. The summed E-state index contributed by atoms with van der Waals surface area (Å²) < 4.78 is 15.2. The number of aromatic nitrogens is 2. The van der Waals surface area contributed by atoms with Gasteiger partial charge in [-0.05, 0) is 67.4 Å². The predicted molar refractivity (Wildman–Crippen MR) is 149 cm³/mol. The first-order chi connectivity index (χ1) is 18.4. The predicted octanol–water partition coefficient (Wildman–Crippen LogP) is 6.44. The highest BCUT2D eigenvalue weighted by Crippen LogP contribution is 2.47. The maximum Gasteiger partial charge on any atom is 0.234 e. The molecule has 0 radical (unpaired) electrons. The van der Waals surface area contributed by atoms with Gasteiger partial charge in [-0.25, -0.2) is 9.07 Å². The summed E-state index contributed by atoms with van der Waals surface area (Å²) in [5.41, 5.74) is 4.12. The molecule has 0 bridgehead atoms. The van der Waals surface area contributed by atoms with Crippen molar-refractivity contribution in [3.8, 4) is 5.69 Å². The molecule has 190 valence electrons. The van der Waals surface area contributed by atoms with Gasteiger partial charge in [0.2, 0.25) is 5.91 Å². The molecule has 1 saturated heterocycles. The van der Waals surface area contributed by atoms with E-state index in [1.807, 2.05) is 73.3 Å². The van der Waals surface area contributed by atoms with Gasteiger partial charge in [0.05, 0.1) is 28.9 Å². The number of nitrogens with zero attached hydrogens (tertiary/aromatic N) is 3. The number of anilines is 1. The Morgan fingerprint density at radius 3 is 2.24 bits per heavy atom. The lowest BCUT2D eigenvalue weighted by Gasteiger charge is -2.31. The van der Waals surface area contributed by atoms with E-state index in [9.17, 15) is 9.18 Å². The minimum Gasteiger partial charge on any atom is -0.307 e. The number of benzene rings is 4. The quantitative estimate of drug-likeness (QED) is 0.290. The molecule has 1 aliphatic rings. The van der Waals surface area contributed by atoms with Gasteiger partial charge < -0.3 is 10.2 Å². The summed E-state index contributed by atoms with van der Waals surface area (Å²) in [6.45, 7) is 4.72. The van der Waals surface area contributed by atoms with E-state index >= 15 is 0 Å². The molecule has 1 N–H and O–H groups in total. The second-order valence-corrected chi connectivity index (χ2v) is 10.4. The van der Waals surface area contributed by atoms with E-state index in [4.69, 9.17) is 0 Å². The molecule has 4 aromatic carbocycles. The molecule has 2 atom stereocenters. The summed E-state index contributed by atoms with van der Waals surface area (Å²) in [6, 6.07) is 32.4. The van der Waals surface area contributed by atoms with Gasteiger partial charge in [0.25, 0.3) is 0 Å². The summed E-state index contributed by atoms with van der Waals surface area (Å²) in [5, 5.41) is 9.18. The molecular formula is C32H29FN4O. The van der Waals surface area contributed by atoms with Gasteiger partial charge in [-0.3, -0.25) is 4.79 Å². The maximum atomic E-state index is 14.1. The van der Waals surface area contributed by atoms with Crippen LogP contribution in [0.3, 0.4) is 0 Å². The molecule has 0 spiro atoms. The zero-order valence-electron chi connectivity index (χ0n) is 21.4. The smallest absolute Gasteiger partial charge is 0.234 e. The maximum absolute atomic E-state index is 14.1. The summed E-state index contributed by atoms with van der Waals surface area (Å²) in [6.07, 6.45) is 1.79. The van der Waals surface area contributed by atoms with Crippen molar-refractivity contribution in [2.24, 2.45) is 5.41 Å². The first-order valence-electron chi connectivity index (χ1n) is 12.8. The van der Waals surface area contributed by atoms with Gasteiger partial charge in [0, 0.05) is 23.7 Å². The number of halogens is 1. The number of carbonyl (C=O) groups is 1. The second kappa shape index (κ2) is 9.54. The molecule has 2 heterocycles. The Kier molecular flexibility index (Phi) is 6.04. The zero-order valence-corrected chi connectivity index (χ0v) is 21.4. The molecule has 0 unspecified atom stereocenters. The minimum absolute atomic E-state index is 0.0715. The number of nitrogens with one attached hydrogen (secondary N) is 1. The first kappa shape index (κ1) is 24.1. The van der Waals surface area contributed by atoms with E-state index < -0.39 is 5.41 Å². The van der Waals surface area contributed by atoms with Crippen molar-refractivity contribution >= 4 is 22.5 Å². The van der Waals surface area contributed by atoms with Gasteiger partial charge in [-0.1, -0.05) is 60.7 Å². The third kappa shape index (κ3) is 4.17. The molecule has 5 nitrogen and oxygen atoms in total. The Balaban J connectivity index is 1.40. The second-order valence-electron chi connectivity index (χ2n) is 10.4. The van der Waals surface area contributed by atoms with Gasteiger partial charge >= 0.3 is 0 Å². The van der Waals surface area contributed by atoms with Crippen LogP contribution >= 0.6 is 0 Å². The molecule has 0 aliphatic carbocycles. The molecule has 5 aromatic rings. The van der Waals surface area contributed by atoms with Crippen molar-refractivity contribution in [2.45, 2.75) is 32.5 Å². The van der Waals surface area contributed by atoms with Crippen LogP contribution in [0.4, 0.5) is 10.1 Å². The van der Waals surface area contributed by atoms with E-state index in [0.29, 0.717) is 6.54 Å². The number of rotatable bonds is 6. The SMILES string of the molecule is CC1(C)C(=O)N(c2ccc3c(cnn3-c3ccc(F)cc3)c2)[C@H](c2ccccc2)[C@H]1NCc1ccccc1. The third-order valence-electron chi connectivity index (χ3n) is 7.55. The molecular weight excluding hydrogens is 475 g/mol. The Morgan fingerprint density at radius 2 is 1.53 bits per heavy atom. The van der Waals surface area contributed by atoms with Gasteiger partial charge in [0.15, 0.2) is 0 Å². The average molecular weight is 505 g/mol. The largest absolute Gasteiger partial charge is 0.307 e. The van der Waals surface area contributed by atoms with Crippen LogP contribution in [-0.2, 0) is 11.3 Å². The van der Waals surface area contributed by atoms with Crippen LogP contribution in [0, 0.1) is 11.2 Å². The Bertz CT molecular complexity index is 1580. The lowest BCUT2D eigenvalue weighted by Crippen LogP contribution is -2.43. The number of hydrogen-bond acceptors (Lipinski definition) is 3. The normalized spacial score (nSPS) is 18.8. The fourth-order valence-corrected chi connectivity index (χ4v) is 5.53. The standard InChI is InChI=1S/C32H29FN4O/c1-32(2)30(34-20-22-9-5-3-6-10-22)29(23-11-7-4-8-12-23)36(31(32)38)27-17-18-28-24(19-27)21-35-37(28)26-15-13-25(33)14-16-26/h3-19,21,29-30,34H,20H2,1-2H3/t29-,30-/m1/s1. The van der Waals surface area contributed by atoms with Crippen molar-refractivity contribution < 1.29 is 9.18 Å². The van der Waals surface area contributed by atoms with E-state index in [1.54, 1.807) is 23.0 Å². The Labute approximate surface area is 221 Å². The van der Waals surface area contributed by atoms with Crippen LogP contribution in [-0.4, -0.2) is 21.7 Å². The van der Waals surface area contributed by atoms with Crippen molar-refractivity contribution in [1.82, 2.24) is 15.1 Å². The highest BCUT2D eigenvalue weighted by molar-refractivity contribution is 6.03. The molecule has 1 fully saturated rings. The molecule has 1 aliphatic heterocycles. The van der Waals surface area contributed by atoms with Crippen molar-refractivity contribution in [1.29, 1.82) is 0 Å². The van der Waals surface area contributed by atoms with E-state index in [0.717, 1.165) is 27.8 Å². The van der Waals surface area contributed by atoms with Crippen molar-refractivity contribution in [3.63, 3.8) is 0 Å². The summed E-state index contributed by atoms with van der Waals surface area (Å²) in [7, 11) is 0. The highest BCUT2D eigenvalue weighted by Gasteiger charge is 2.54. The first-order valence-corrected chi connectivity index (χ1v) is 12.8. The van der Waals surface area contributed by atoms with Crippen LogP contribution in [0.25, 0.3) is 16.6 Å². The van der Waals surface area contributed by atoms with Crippen LogP contribution in [0.2, 0.25) is 0 Å². The molecule has 38 heavy (non-hydrogen) atoms. The van der Waals surface area contributed by atoms with Gasteiger partial charge in [-0.2, -0.15) is 5.10 Å². The van der Waals surface area contributed by atoms with Crippen LogP contribution in [0.5, 0.6) is 0 Å². The Morgan fingerprint density at radius 1 is 0.868 bits per heavy atom. The molecule has 1 aromatic heterocycles. The van der Waals surface area contributed by atoms with E-state index in [2.05, 4.69) is 34.7 Å². The third-order valence-corrected chi connectivity index (χ3v) is 7.55. The molecule has 1 amide bonds. The number of carbonyl (C=O) groups excluding carboxylic acids is 1. The van der Waals surface area contributed by atoms with Crippen molar-refractivity contribution in [3.05, 3.63) is 126 Å². The highest BCUT2D eigenvalue weighted by atomic mass is 19.1. The van der Waals surface area contributed by atoms with E-state index in [-0.39, 0.29) is 23.8 Å². The lowest BCUT2D eigenvalue weighted by atomic mass is 9.82. The van der Waals surface area contributed by atoms with Crippen LogP contribution < -0.4 is 10.2 Å². The molecule has 6 heteroatoms. The lowest BCUT2D eigenvalue weighted by molar-refractivity contribution is -0.124. The number of fused-ring (bicyclic) bond motifs is 1. The number of amides is 1. The average Bonchev–Trinajstić information content (AvgIpc) is 3.45. The number of hydrogen-bond donors (Lipinski definition) is 1. The van der Waals surface area contributed by atoms with Gasteiger partial charge in [-0.15, -0.1) is 0 Å². The summed E-state index contributed by atoms with van der Waals surface area (Å²) in [4.78, 5) is 16.0. The van der Waals surface area contributed by atoms with Crippen molar-refractivity contribution in [2.75, 3.05) is 4.90 Å². The fraction of sp³-hybridized carbons (Fsp3) is 0.188. The molecule has 0 saturated carbocycles. The van der Waals surface area contributed by atoms with Crippen LogP contribution in [0.15, 0.2) is 109 Å². The van der Waals surface area contributed by atoms with Crippen LogP contribution in [0.1, 0.15) is 31.0 Å². The zero-order chi connectivity index (χ0) is 26.3. The Hall–Kier alpha value is -4.29.